The number of hydrogen-bond acceptors (Lipinski definition) is 4. The fraction of sp³-hybridized carbons (Fsp3) is 0.923. The van der Waals surface area contributed by atoms with Crippen LogP contribution in [0.1, 0.15) is 26.2 Å². The number of piperidine rings is 2. The number of nitrogens with one attached hydrogen (secondary N) is 1. The zero-order valence-corrected chi connectivity index (χ0v) is 11.0. The maximum atomic E-state index is 4.61. The maximum absolute atomic E-state index is 4.61. The molecule has 96 valence electrons. The van der Waals surface area contributed by atoms with Gasteiger partial charge in [-0.05, 0) is 45.7 Å². The number of fused-ring (bicyclic) bond motifs is 1. The molecular weight excluding hydrogens is 212 g/mol. The lowest BCUT2D eigenvalue weighted by atomic mass is 9.84. The Hall–Kier alpha value is -0.770. The van der Waals surface area contributed by atoms with Crippen molar-refractivity contribution in [1.29, 1.82) is 0 Å². The molecule has 2 saturated heterocycles. The summed E-state index contributed by atoms with van der Waals surface area (Å²) in [6, 6.07) is 1.34. The average Bonchev–Trinajstić information content (AvgIpc) is 2.76. The van der Waals surface area contributed by atoms with E-state index in [-0.39, 0.29) is 0 Å². The molecule has 0 aromatic carbocycles. The monoisotopic (exact) mass is 236 g/mol. The van der Waals surface area contributed by atoms with Crippen LogP contribution in [-0.2, 0) is 0 Å². The predicted molar refractivity (Wildman–Crippen MR) is 70.2 cm³/mol. The Morgan fingerprint density at radius 1 is 1.29 bits per heavy atom. The van der Waals surface area contributed by atoms with Crippen molar-refractivity contribution in [3.05, 3.63) is 0 Å². The Bertz CT molecular complexity index is 315. The van der Waals surface area contributed by atoms with Gasteiger partial charge in [-0.1, -0.05) is 0 Å². The molecule has 0 spiro atoms. The molecule has 3 unspecified atom stereocenters. The van der Waals surface area contributed by atoms with Gasteiger partial charge in [-0.15, -0.1) is 0 Å². The minimum atomic E-state index is 0.525. The molecule has 0 aliphatic carbocycles. The van der Waals surface area contributed by atoms with E-state index in [1.165, 1.54) is 38.9 Å². The summed E-state index contributed by atoms with van der Waals surface area (Å²) in [5.74, 6) is 2.01. The molecule has 3 aliphatic heterocycles. The van der Waals surface area contributed by atoms with E-state index < -0.39 is 0 Å². The second-order valence-electron chi connectivity index (χ2n) is 5.89. The van der Waals surface area contributed by atoms with Crippen molar-refractivity contribution in [2.75, 3.05) is 33.2 Å². The highest BCUT2D eigenvalue weighted by molar-refractivity contribution is 5.82. The van der Waals surface area contributed by atoms with Gasteiger partial charge in [-0.2, -0.15) is 0 Å². The molecule has 3 atom stereocenters. The van der Waals surface area contributed by atoms with Crippen LogP contribution in [-0.4, -0.2) is 61.1 Å². The van der Waals surface area contributed by atoms with Gasteiger partial charge >= 0.3 is 0 Å². The van der Waals surface area contributed by atoms with Crippen LogP contribution in [0.2, 0.25) is 0 Å². The van der Waals surface area contributed by atoms with Crippen molar-refractivity contribution in [2.45, 2.75) is 38.3 Å². The third kappa shape index (κ3) is 2.15. The number of likely N-dealkylation sites (tertiary alicyclic amines) is 2. The molecule has 2 fully saturated rings. The first-order chi connectivity index (χ1) is 8.24. The minimum absolute atomic E-state index is 0.525. The summed E-state index contributed by atoms with van der Waals surface area (Å²) in [5, 5.41) is 3.49. The Balaban J connectivity index is 1.64. The summed E-state index contributed by atoms with van der Waals surface area (Å²) < 4.78 is 0. The smallest absolute Gasteiger partial charge is 0.194 e. The molecule has 0 saturated carbocycles. The van der Waals surface area contributed by atoms with E-state index >= 15 is 0 Å². The van der Waals surface area contributed by atoms with Gasteiger partial charge in [0.25, 0.3) is 0 Å². The van der Waals surface area contributed by atoms with Gasteiger partial charge in [0.05, 0.1) is 6.54 Å². The van der Waals surface area contributed by atoms with Crippen LogP contribution in [0.25, 0.3) is 0 Å². The second-order valence-corrected chi connectivity index (χ2v) is 5.89. The molecule has 4 nitrogen and oxygen atoms in total. The van der Waals surface area contributed by atoms with E-state index in [0.717, 1.165) is 24.5 Å². The van der Waals surface area contributed by atoms with Crippen LogP contribution in [0, 0.1) is 5.92 Å². The third-order valence-electron chi connectivity index (χ3n) is 4.54. The molecule has 17 heavy (non-hydrogen) atoms. The first kappa shape index (κ1) is 11.3. The second kappa shape index (κ2) is 4.48. The molecule has 0 aromatic rings. The lowest BCUT2D eigenvalue weighted by molar-refractivity contribution is 0.0622. The normalized spacial score (nSPS) is 38.6. The largest absolute Gasteiger partial charge is 0.352 e. The van der Waals surface area contributed by atoms with Crippen molar-refractivity contribution in [1.82, 2.24) is 15.1 Å². The van der Waals surface area contributed by atoms with Gasteiger partial charge in [0.15, 0.2) is 5.96 Å². The molecule has 4 heteroatoms. The molecule has 0 amide bonds. The number of guanidine groups is 1. The quantitative estimate of drug-likeness (QED) is 0.673. The van der Waals surface area contributed by atoms with Crippen molar-refractivity contribution < 1.29 is 0 Å². The summed E-state index contributed by atoms with van der Waals surface area (Å²) in [5.41, 5.74) is 0. The summed E-state index contributed by atoms with van der Waals surface area (Å²) in [6.45, 7) is 6.81. The third-order valence-corrected chi connectivity index (χ3v) is 4.54. The van der Waals surface area contributed by atoms with Crippen molar-refractivity contribution in [2.24, 2.45) is 10.9 Å². The van der Waals surface area contributed by atoms with Gasteiger partial charge < -0.3 is 15.1 Å². The summed E-state index contributed by atoms with van der Waals surface area (Å²) in [6.07, 6.45) is 4.06. The topological polar surface area (TPSA) is 30.9 Å². The molecular formula is C13H24N4. The lowest BCUT2D eigenvalue weighted by Crippen LogP contribution is -2.55. The fourth-order valence-corrected chi connectivity index (χ4v) is 3.57. The highest BCUT2D eigenvalue weighted by atomic mass is 15.3. The SMILES string of the molecule is CC1CN=C(N2CCC3C(CCCN3C)C2)N1. The van der Waals surface area contributed by atoms with Crippen molar-refractivity contribution in [3.8, 4) is 0 Å². The van der Waals surface area contributed by atoms with Gasteiger partial charge in [0.1, 0.15) is 0 Å². The highest BCUT2D eigenvalue weighted by Gasteiger charge is 2.35. The van der Waals surface area contributed by atoms with Crippen LogP contribution in [0.5, 0.6) is 0 Å². The van der Waals surface area contributed by atoms with E-state index in [4.69, 9.17) is 0 Å². The van der Waals surface area contributed by atoms with Crippen molar-refractivity contribution >= 4 is 5.96 Å². The zero-order chi connectivity index (χ0) is 11.8. The maximum Gasteiger partial charge on any atom is 0.194 e. The van der Waals surface area contributed by atoms with Gasteiger partial charge in [0, 0.05) is 25.2 Å². The van der Waals surface area contributed by atoms with Crippen LogP contribution < -0.4 is 5.32 Å². The zero-order valence-electron chi connectivity index (χ0n) is 11.0. The molecule has 0 bridgehead atoms. The van der Waals surface area contributed by atoms with E-state index in [0.29, 0.717) is 6.04 Å². The summed E-state index contributed by atoms with van der Waals surface area (Å²) in [7, 11) is 2.29. The minimum Gasteiger partial charge on any atom is -0.352 e. The Labute approximate surface area is 104 Å². The van der Waals surface area contributed by atoms with E-state index in [2.05, 4.69) is 34.1 Å². The number of aliphatic imine (C=N–C) groups is 1. The standard InChI is InChI=1S/C13H24N4/c1-10-8-14-13(15-10)17-7-5-12-11(9-17)4-3-6-16(12)2/h10-12H,3-9H2,1-2H3,(H,14,15). The van der Waals surface area contributed by atoms with Gasteiger partial charge in [-0.25, -0.2) is 0 Å². The first-order valence-corrected chi connectivity index (χ1v) is 7.00. The Kier molecular flexibility index (Phi) is 2.99. The van der Waals surface area contributed by atoms with Crippen molar-refractivity contribution in [3.63, 3.8) is 0 Å². The van der Waals surface area contributed by atoms with Gasteiger partial charge in [0.2, 0.25) is 0 Å². The molecule has 1 N–H and O–H groups in total. The van der Waals surface area contributed by atoms with Crippen LogP contribution >= 0.6 is 0 Å². The Morgan fingerprint density at radius 3 is 2.94 bits per heavy atom. The molecule has 3 heterocycles. The van der Waals surface area contributed by atoms with E-state index in [9.17, 15) is 0 Å². The molecule has 3 aliphatic rings. The van der Waals surface area contributed by atoms with Gasteiger partial charge in [-0.3, -0.25) is 4.99 Å². The highest BCUT2D eigenvalue weighted by Crippen LogP contribution is 2.29. The number of nitrogens with zero attached hydrogens (tertiary/aromatic N) is 3. The number of rotatable bonds is 0. The van der Waals surface area contributed by atoms with Crippen LogP contribution in [0.3, 0.4) is 0 Å². The van der Waals surface area contributed by atoms with Crippen LogP contribution in [0.15, 0.2) is 4.99 Å². The van der Waals surface area contributed by atoms with Crippen LogP contribution in [0.4, 0.5) is 0 Å². The summed E-state index contributed by atoms with van der Waals surface area (Å²) in [4.78, 5) is 9.66. The van der Waals surface area contributed by atoms with E-state index in [1.54, 1.807) is 0 Å². The van der Waals surface area contributed by atoms with E-state index in [1.807, 2.05) is 0 Å². The molecule has 0 aromatic heterocycles. The number of hydrogen-bond donors (Lipinski definition) is 1. The predicted octanol–water partition coefficient (Wildman–Crippen LogP) is 0.750. The summed E-state index contributed by atoms with van der Waals surface area (Å²) >= 11 is 0. The average molecular weight is 236 g/mol. The fourth-order valence-electron chi connectivity index (χ4n) is 3.57. The first-order valence-electron chi connectivity index (χ1n) is 7.00. The molecule has 3 rings (SSSR count). The molecule has 0 radical (unpaired) electrons. The Morgan fingerprint density at radius 2 is 2.18 bits per heavy atom. The lowest BCUT2D eigenvalue weighted by Gasteiger charge is -2.46.